The number of amides is 1. The van der Waals surface area contributed by atoms with Gasteiger partial charge in [0.15, 0.2) is 0 Å². The molecule has 1 unspecified atom stereocenters. The zero-order chi connectivity index (χ0) is 16.2. The van der Waals surface area contributed by atoms with Crippen LogP contribution >= 0.6 is 0 Å². The number of carbonyl (C=O) groups is 2. The topological polar surface area (TPSA) is 66.8 Å². The molecule has 1 fully saturated rings. The quantitative estimate of drug-likeness (QED) is 0.938. The highest BCUT2D eigenvalue weighted by Crippen LogP contribution is 2.21. The molecule has 0 aliphatic carbocycles. The standard InChI is InChI=1S/C18H19NO4/c20-17(19-8-9-23-12-15(19)11-18(21)22)10-14-6-3-5-13-4-1-2-7-16(13)14/h1-7,15H,8-12H2,(H,21,22). The number of aliphatic carboxylic acids is 1. The predicted octanol–water partition coefficient (Wildman–Crippen LogP) is 2.08. The van der Waals surface area contributed by atoms with Crippen molar-refractivity contribution in [3.63, 3.8) is 0 Å². The van der Waals surface area contributed by atoms with Crippen LogP contribution in [0.5, 0.6) is 0 Å². The number of carboxylic acids is 1. The fourth-order valence-electron chi connectivity index (χ4n) is 3.06. The Hall–Kier alpha value is -2.40. The molecule has 120 valence electrons. The lowest BCUT2D eigenvalue weighted by molar-refractivity contribution is -0.145. The smallest absolute Gasteiger partial charge is 0.305 e. The second-order valence-electron chi connectivity index (χ2n) is 5.73. The number of hydrogen-bond acceptors (Lipinski definition) is 3. The molecule has 1 N–H and O–H groups in total. The monoisotopic (exact) mass is 313 g/mol. The van der Waals surface area contributed by atoms with Crippen molar-refractivity contribution in [3.8, 4) is 0 Å². The lowest BCUT2D eigenvalue weighted by Gasteiger charge is -2.35. The van der Waals surface area contributed by atoms with Crippen LogP contribution in [-0.4, -0.2) is 47.7 Å². The van der Waals surface area contributed by atoms with Gasteiger partial charge in [-0.2, -0.15) is 0 Å². The van der Waals surface area contributed by atoms with E-state index in [4.69, 9.17) is 9.84 Å². The number of morpholine rings is 1. The molecule has 1 aliphatic rings. The van der Waals surface area contributed by atoms with Crippen LogP contribution in [0.4, 0.5) is 0 Å². The van der Waals surface area contributed by atoms with Gasteiger partial charge in [-0.15, -0.1) is 0 Å². The molecule has 1 amide bonds. The summed E-state index contributed by atoms with van der Waals surface area (Å²) in [6.45, 7) is 1.19. The minimum atomic E-state index is -0.913. The van der Waals surface area contributed by atoms with E-state index in [0.717, 1.165) is 16.3 Å². The lowest BCUT2D eigenvalue weighted by Crippen LogP contribution is -2.50. The minimum absolute atomic E-state index is 0.0455. The maximum atomic E-state index is 12.7. The number of carboxylic acid groups (broad SMARTS) is 1. The van der Waals surface area contributed by atoms with E-state index in [1.165, 1.54) is 0 Å². The summed E-state index contributed by atoms with van der Waals surface area (Å²) < 4.78 is 5.33. The maximum absolute atomic E-state index is 12.7. The van der Waals surface area contributed by atoms with E-state index in [9.17, 15) is 9.59 Å². The van der Waals surface area contributed by atoms with Crippen molar-refractivity contribution in [2.75, 3.05) is 19.8 Å². The average molecular weight is 313 g/mol. The highest BCUT2D eigenvalue weighted by molar-refractivity contribution is 5.90. The summed E-state index contributed by atoms with van der Waals surface area (Å²) in [5.74, 6) is -0.959. The SMILES string of the molecule is O=C(O)CC1COCCN1C(=O)Cc1cccc2ccccc12. The molecule has 1 aliphatic heterocycles. The highest BCUT2D eigenvalue weighted by Gasteiger charge is 2.29. The summed E-state index contributed by atoms with van der Waals surface area (Å²) in [7, 11) is 0. The first-order valence-corrected chi connectivity index (χ1v) is 7.71. The zero-order valence-electron chi connectivity index (χ0n) is 12.8. The largest absolute Gasteiger partial charge is 0.481 e. The number of nitrogens with zero attached hydrogens (tertiary/aromatic N) is 1. The molecule has 0 saturated carbocycles. The predicted molar refractivity (Wildman–Crippen MR) is 86.2 cm³/mol. The summed E-state index contributed by atoms with van der Waals surface area (Å²) in [4.78, 5) is 25.3. The van der Waals surface area contributed by atoms with Crippen LogP contribution in [0.3, 0.4) is 0 Å². The second-order valence-corrected chi connectivity index (χ2v) is 5.73. The van der Waals surface area contributed by atoms with Gasteiger partial charge in [-0.1, -0.05) is 42.5 Å². The molecular weight excluding hydrogens is 294 g/mol. The van der Waals surface area contributed by atoms with E-state index in [0.29, 0.717) is 13.2 Å². The molecule has 5 nitrogen and oxygen atoms in total. The first-order valence-electron chi connectivity index (χ1n) is 7.71. The molecule has 1 heterocycles. The van der Waals surface area contributed by atoms with Gasteiger partial charge in [-0.3, -0.25) is 9.59 Å². The fraction of sp³-hybridized carbons (Fsp3) is 0.333. The number of fused-ring (bicyclic) bond motifs is 1. The molecule has 3 rings (SSSR count). The van der Waals surface area contributed by atoms with E-state index in [1.807, 2.05) is 42.5 Å². The van der Waals surface area contributed by atoms with Crippen LogP contribution in [0.1, 0.15) is 12.0 Å². The van der Waals surface area contributed by atoms with Gasteiger partial charge in [0.05, 0.1) is 32.1 Å². The van der Waals surface area contributed by atoms with Gasteiger partial charge in [0.2, 0.25) is 5.91 Å². The normalized spacial score (nSPS) is 18.1. The number of ether oxygens (including phenoxy) is 1. The maximum Gasteiger partial charge on any atom is 0.305 e. The summed E-state index contributed by atoms with van der Waals surface area (Å²) in [6, 6.07) is 13.5. The van der Waals surface area contributed by atoms with E-state index in [-0.39, 0.29) is 31.4 Å². The van der Waals surface area contributed by atoms with Crippen molar-refractivity contribution in [2.45, 2.75) is 18.9 Å². The molecule has 0 aromatic heterocycles. The van der Waals surface area contributed by atoms with Crippen molar-refractivity contribution >= 4 is 22.6 Å². The Kier molecular flexibility index (Phi) is 4.57. The third-order valence-electron chi connectivity index (χ3n) is 4.18. The van der Waals surface area contributed by atoms with Crippen LogP contribution in [0.15, 0.2) is 42.5 Å². The van der Waals surface area contributed by atoms with Crippen molar-refractivity contribution in [1.82, 2.24) is 4.90 Å². The molecule has 0 radical (unpaired) electrons. The zero-order valence-corrected chi connectivity index (χ0v) is 12.8. The van der Waals surface area contributed by atoms with Crippen LogP contribution in [0.2, 0.25) is 0 Å². The molecule has 0 bridgehead atoms. The number of benzene rings is 2. The minimum Gasteiger partial charge on any atom is -0.481 e. The fourth-order valence-corrected chi connectivity index (χ4v) is 3.06. The van der Waals surface area contributed by atoms with Crippen molar-refractivity contribution < 1.29 is 19.4 Å². The summed E-state index contributed by atoms with van der Waals surface area (Å²) in [5.41, 5.74) is 0.966. The Bertz CT molecular complexity index is 723. The Balaban J connectivity index is 1.80. The van der Waals surface area contributed by atoms with E-state index in [2.05, 4.69) is 0 Å². The number of carbonyl (C=O) groups excluding carboxylic acids is 1. The summed E-state index contributed by atoms with van der Waals surface area (Å²) in [5, 5.41) is 11.2. The van der Waals surface area contributed by atoms with Gasteiger partial charge < -0.3 is 14.7 Å². The number of hydrogen-bond donors (Lipinski definition) is 1. The van der Waals surface area contributed by atoms with Crippen LogP contribution in [0, 0.1) is 0 Å². The number of rotatable bonds is 4. The first kappa shape index (κ1) is 15.5. The average Bonchev–Trinajstić information content (AvgIpc) is 2.55. The Morgan fingerprint density at radius 3 is 2.78 bits per heavy atom. The van der Waals surface area contributed by atoms with E-state index in [1.54, 1.807) is 4.90 Å². The van der Waals surface area contributed by atoms with Crippen molar-refractivity contribution in [3.05, 3.63) is 48.0 Å². The lowest BCUT2D eigenvalue weighted by atomic mass is 10.0. The van der Waals surface area contributed by atoms with Gasteiger partial charge in [0, 0.05) is 6.54 Å². The van der Waals surface area contributed by atoms with Gasteiger partial charge in [-0.25, -0.2) is 0 Å². The van der Waals surface area contributed by atoms with Gasteiger partial charge >= 0.3 is 5.97 Å². The van der Waals surface area contributed by atoms with E-state index >= 15 is 0 Å². The van der Waals surface area contributed by atoms with Crippen LogP contribution in [0.25, 0.3) is 10.8 Å². The third-order valence-corrected chi connectivity index (χ3v) is 4.18. The molecular formula is C18H19NO4. The molecule has 23 heavy (non-hydrogen) atoms. The Morgan fingerprint density at radius 2 is 1.96 bits per heavy atom. The van der Waals surface area contributed by atoms with E-state index < -0.39 is 5.97 Å². The van der Waals surface area contributed by atoms with Gasteiger partial charge in [-0.05, 0) is 16.3 Å². The molecule has 5 heteroatoms. The molecule has 2 aromatic carbocycles. The van der Waals surface area contributed by atoms with Crippen LogP contribution in [-0.2, 0) is 20.7 Å². The molecule has 1 atom stereocenters. The van der Waals surface area contributed by atoms with Crippen molar-refractivity contribution in [2.24, 2.45) is 0 Å². The molecule has 0 spiro atoms. The second kappa shape index (κ2) is 6.79. The van der Waals surface area contributed by atoms with Gasteiger partial charge in [0.1, 0.15) is 0 Å². The third kappa shape index (κ3) is 3.51. The Morgan fingerprint density at radius 1 is 1.17 bits per heavy atom. The van der Waals surface area contributed by atoms with Crippen molar-refractivity contribution in [1.29, 1.82) is 0 Å². The van der Waals surface area contributed by atoms with Crippen LogP contribution < -0.4 is 0 Å². The highest BCUT2D eigenvalue weighted by atomic mass is 16.5. The Labute approximate surface area is 134 Å². The summed E-state index contributed by atoms with van der Waals surface area (Å²) >= 11 is 0. The molecule has 2 aromatic rings. The molecule has 1 saturated heterocycles. The first-order chi connectivity index (χ1) is 11.1. The van der Waals surface area contributed by atoms with Gasteiger partial charge in [0.25, 0.3) is 0 Å². The summed E-state index contributed by atoms with van der Waals surface area (Å²) in [6.07, 6.45) is 0.193.